The maximum absolute atomic E-state index is 13.1. The molecule has 1 heterocycles. The number of hydrogen-bond acceptors (Lipinski definition) is 6. The van der Waals surface area contributed by atoms with E-state index in [4.69, 9.17) is 0 Å². The molecular weight excluding hydrogens is 440 g/mol. The molecule has 1 saturated heterocycles. The van der Waals surface area contributed by atoms with Gasteiger partial charge in [-0.05, 0) is 44.2 Å². The Bertz CT molecular complexity index is 839. The predicted octanol–water partition coefficient (Wildman–Crippen LogP) is -0.0530. The Morgan fingerprint density at radius 3 is 2.18 bits per heavy atom. The third-order valence-corrected chi connectivity index (χ3v) is 5.68. The lowest BCUT2D eigenvalue weighted by Crippen LogP contribution is -2.60. The first-order chi connectivity index (χ1) is 16.1. The van der Waals surface area contributed by atoms with E-state index in [1.54, 1.807) is 24.3 Å². The standard InChI is InChI=1S/C24H36N4O6/c1-14(2)12-19(24(33)34)27-22(31)18(13-16-8-5-4-6-9-16)26-23(32)20(15(3)29)28-21(30)17-10-7-11-25-17/h4-6,8-9,14-15,17-20,25,29H,7,10-13H2,1-3H3,(H,26,32)(H,27,31)(H,28,30)(H,33,34). The smallest absolute Gasteiger partial charge is 0.326 e. The van der Waals surface area contributed by atoms with Gasteiger partial charge in [0.05, 0.1) is 12.1 Å². The third-order valence-electron chi connectivity index (χ3n) is 5.68. The molecule has 188 valence electrons. The van der Waals surface area contributed by atoms with Crippen molar-refractivity contribution in [2.24, 2.45) is 5.92 Å². The summed E-state index contributed by atoms with van der Waals surface area (Å²) in [4.78, 5) is 50.2. The van der Waals surface area contributed by atoms with Crippen molar-refractivity contribution in [2.75, 3.05) is 6.54 Å². The lowest BCUT2D eigenvalue weighted by molar-refractivity contribution is -0.143. The SMILES string of the molecule is CC(C)CC(NC(=O)C(Cc1ccccc1)NC(=O)C(NC(=O)C1CCCN1)C(C)O)C(=O)O. The van der Waals surface area contributed by atoms with Crippen molar-refractivity contribution in [3.05, 3.63) is 35.9 Å². The minimum atomic E-state index is -1.27. The summed E-state index contributed by atoms with van der Waals surface area (Å²) < 4.78 is 0. The summed E-state index contributed by atoms with van der Waals surface area (Å²) in [6, 6.07) is 5.04. The number of amides is 3. The van der Waals surface area contributed by atoms with E-state index in [2.05, 4.69) is 21.3 Å². The molecule has 1 aromatic carbocycles. The summed E-state index contributed by atoms with van der Waals surface area (Å²) in [5, 5.41) is 30.4. The van der Waals surface area contributed by atoms with E-state index >= 15 is 0 Å². The monoisotopic (exact) mass is 476 g/mol. The molecule has 0 aliphatic carbocycles. The lowest BCUT2D eigenvalue weighted by Gasteiger charge is -2.27. The first kappa shape index (κ1) is 27.3. The Balaban J connectivity index is 2.17. The highest BCUT2D eigenvalue weighted by Gasteiger charge is 2.33. The van der Waals surface area contributed by atoms with E-state index in [1.165, 1.54) is 6.92 Å². The molecule has 0 bridgehead atoms. The average Bonchev–Trinajstić information content (AvgIpc) is 3.31. The van der Waals surface area contributed by atoms with Crippen molar-refractivity contribution in [1.29, 1.82) is 0 Å². The second-order valence-corrected chi connectivity index (χ2v) is 9.16. The van der Waals surface area contributed by atoms with Crippen LogP contribution in [0, 0.1) is 5.92 Å². The molecule has 0 spiro atoms. The predicted molar refractivity (Wildman–Crippen MR) is 126 cm³/mol. The summed E-state index contributed by atoms with van der Waals surface area (Å²) in [7, 11) is 0. The van der Waals surface area contributed by atoms with Crippen molar-refractivity contribution in [3.8, 4) is 0 Å². The van der Waals surface area contributed by atoms with Gasteiger partial charge in [0.1, 0.15) is 18.1 Å². The van der Waals surface area contributed by atoms with Gasteiger partial charge in [-0.1, -0.05) is 44.2 Å². The minimum Gasteiger partial charge on any atom is -0.480 e. The minimum absolute atomic E-state index is 0.0302. The molecule has 3 amide bonds. The lowest BCUT2D eigenvalue weighted by atomic mass is 10.0. The Morgan fingerprint density at radius 2 is 1.65 bits per heavy atom. The van der Waals surface area contributed by atoms with Crippen LogP contribution in [0.25, 0.3) is 0 Å². The van der Waals surface area contributed by atoms with Gasteiger partial charge in [-0.15, -0.1) is 0 Å². The number of rotatable bonds is 12. The first-order valence-electron chi connectivity index (χ1n) is 11.7. The maximum atomic E-state index is 13.1. The molecule has 34 heavy (non-hydrogen) atoms. The van der Waals surface area contributed by atoms with E-state index in [1.807, 2.05) is 19.9 Å². The fraction of sp³-hybridized carbons (Fsp3) is 0.583. The molecule has 1 aromatic rings. The highest BCUT2D eigenvalue weighted by molar-refractivity contribution is 5.94. The van der Waals surface area contributed by atoms with Gasteiger partial charge in [-0.3, -0.25) is 14.4 Å². The summed E-state index contributed by atoms with van der Waals surface area (Å²) in [5.74, 6) is -2.91. The van der Waals surface area contributed by atoms with Crippen LogP contribution in [0.3, 0.4) is 0 Å². The molecule has 1 fully saturated rings. The summed E-state index contributed by atoms with van der Waals surface area (Å²) in [6.45, 7) is 5.77. The summed E-state index contributed by atoms with van der Waals surface area (Å²) in [5.41, 5.74) is 0.756. The first-order valence-corrected chi connectivity index (χ1v) is 11.7. The van der Waals surface area contributed by atoms with E-state index in [0.717, 1.165) is 12.0 Å². The molecular formula is C24H36N4O6. The van der Waals surface area contributed by atoms with Crippen LogP contribution in [0.2, 0.25) is 0 Å². The molecule has 1 aliphatic rings. The van der Waals surface area contributed by atoms with Crippen LogP contribution in [-0.4, -0.2) is 70.7 Å². The maximum Gasteiger partial charge on any atom is 0.326 e. The van der Waals surface area contributed by atoms with Crippen molar-refractivity contribution in [3.63, 3.8) is 0 Å². The zero-order chi connectivity index (χ0) is 25.3. The van der Waals surface area contributed by atoms with E-state index in [0.29, 0.717) is 13.0 Å². The Hall–Kier alpha value is -2.98. The Labute approximate surface area is 199 Å². The largest absolute Gasteiger partial charge is 0.480 e. The third kappa shape index (κ3) is 8.42. The molecule has 6 N–H and O–H groups in total. The zero-order valence-corrected chi connectivity index (χ0v) is 19.9. The van der Waals surface area contributed by atoms with E-state index < -0.39 is 54.0 Å². The molecule has 5 unspecified atom stereocenters. The van der Waals surface area contributed by atoms with Crippen LogP contribution in [0.15, 0.2) is 30.3 Å². The van der Waals surface area contributed by atoms with Crippen LogP contribution in [-0.2, 0) is 25.6 Å². The number of benzene rings is 1. The number of aliphatic hydroxyl groups is 1. The number of carboxylic acid groups (broad SMARTS) is 1. The zero-order valence-electron chi connectivity index (χ0n) is 19.9. The fourth-order valence-electron chi connectivity index (χ4n) is 3.85. The Morgan fingerprint density at radius 1 is 1.00 bits per heavy atom. The van der Waals surface area contributed by atoms with Gasteiger partial charge >= 0.3 is 5.97 Å². The van der Waals surface area contributed by atoms with Gasteiger partial charge in [0.2, 0.25) is 17.7 Å². The van der Waals surface area contributed by atoms with Crippen molar-refractivity contribution >= 4 is 23.7 Å². The molecule has 0 radical (unpaired) electrons. The number of nitrogens with one attached hydrogen (secondary N) is 4. The second kappa shape index (κ2) is 13.0. The summed E-state index contributed by atoms with van der Waals surface area (Å²) >= 11 is 0. The number of carbonyl (C=O) groups excluding carboxylic acids is 3. The van der Waals surface area contributed by atoms with Gasteiger partial charge in [0.25, 0.3) is 0 Å². The normalized spacial score (nSPS) is 19.0. The molecule has 1 aliphatic heterocycles. The number of hydrogen-bond donors (Lipinski definition) is 6. The molecule has 10 heteroatoms. The molecule has 5 atom stereocenters. The van der Waals surface area contributed by atoms with E-state index in [9.17, 15) is 29.4 Å². The molecule has 10 nitrogen and oxygen atoms in total. The van der Waals surface area contributed by atoms with Crippen LogP contribution in [0.5, 0.6) is 0 Å². The number of aliphatic carboxylic acids is 1. The average molecular weight is 477 g/mol. The van der Waals surface area contributed by atoms with Gasteiger partial charge < -0.3 is 31.5 Å². The van der Waals surface area contributed by atoms with Crippen LogP contribution in [0.1, 0.15) is 45.6 Å². The van der Waals surface area contributed by atoms with Crippen LogP contribution in [0.4, 0.5) is 0 Å². The molecule has 0 saturated carbocycles. The molecule has 2 rings (SSSR count). The number of aliphatic hydroxyl groups excluding tert-OH is 1. The van der Waals surface area contributed by atoms with Gasteiger partial charge in [0, 0.05) is 6.42 Å². The highest BCUT2D eigenvalue weighted by atomic mass is 16.4. The quantitative estimate of drug-likeness (QED) is 0.247. The van der Waals surface area contributed by atoms with Crippen molar-refractivity contribution in [1.82, 2.24) is 21.3 Å². The van der Waals surface area contributed by atoms with Crippen LogP contribution >= 0.6 is 0 Å². The van der Waals surface area contributed by atoms with Gasteiger partial charge in [0.15, 0.2) is 0 Å². The van der Waals surface area contributed by atoms with Crippen molar-refractivity contribution in [2.45, 2.75) is 76.7 Å². The summed E-state index contributed by atoms with van der Waals surface area (Å²) in [6.07, 6.45) is 0.596. The van der Waals surface area contributed by atoms with Gasteiger partial charge in [-0.2, -0.15) is 0 Å². The molecule has 0 aromatic heterocycles. The van der Waals surface area contributed by atoms with E-state index in [-0.39, 0.29) is 18.8 Å². The Kier molecular flexibility index (Phi) is 10.5. The van der Waals surface area contributed by atoms with Crippen molar-refractivity contribution < 1.29 is 29.4 Å². The van der Waals surface area contributed by atoms with Crippen LogP contribution < -0.4 is 21.3 Å². The second-order valence-electron chi connectivity index (χ2n) is 9.16. The number of carbonyl (C=O) groups is 4. The topological polar surface area (TPSA) is 157 Å². The fourth-order valence-corrected chi connectivity index (χ4v) is 3.85. The highest BCUT2D eigenvalue weighted by Crippen LogP contribution is 2.09. The van der Waals surface area contributed by atoms with Gasteiger partial charge in [-0.25, -0.2) is 4.79 Å². The number of carboxylic acids is 1.